The molecule has 2 fully saturated rings. The molecule has 0 saturated heterocycles. The standard InChI is InChI=1S/C15H19NO8.C10H11NO6.2C7H13N.2C5H10O4.2C2H2O4.2Pt/c1-10(2)9-23-15(21)24-14(20)6-5-13(19)22-8-7-16-11(17)3-4-12(16)18;12-7-1-2-8(13)11(7)5-6-17-10(16)4-3-9(14)15;2*1-6-4-2-3-5-7(6)8;2*1-8-2-3-9-4-5(6)7;2*3-1(4)2(5)6;;/h3-4,10H,5-9H2,1-2H3;1-2H,3-6H2,(H,14,15);2*6-8H,1-5H2;2*2-4H2,1H3,(H,6,7);2*(H,3,4)(H,5,6);;/q;;2*-2;;;;;2*+2/t;;2*6-,7-;;;;;;/m..11....../s1. The van der Waals surface area contributed by atoms with Gasteiger partial charge in [0.05, 0.1) is 71.8 Å². The van der Waals surface area contributed by atoms with Crippen LogP contribution in [0.15, 0.2) is 24.3 Å². The summed E-state index contributed by atoms with van der Waals surface area (Å²) in [5.74, 6) is -13.5. The second-order valence-corrected chi connectivity index (χ2v) is 18.0. The molecule has 2 aliphatic heterocycles. The van der Waals surface area contributed by atoms with Crippen LogP contribution in [0, 0.1) is 31.6 Å². The number of hydrogen-bond donors (Lipinski definition) is 7. The van der Waals surface area contributed by atoms with Crippen LogP contribution < -0.4 is 0 Å². The van der Waals surface area contributed by atoms with Crippen LogP contribution in [-0.2, 0) is 147 Å². The summed E-state index contributed by atoms with van der Waals surface area (Å²) in [6, 6.07) is 0.285. The molecule has 0 aromatic carbocycles. The first-order valence-electron chi connectivity index (χ1n) is 26.3. The van der Waals surface area contributed by atoms with E-state index in [1.54, 1.807) is 0 Å². The first-order valence-corrected chi connectivity index (χ1v) is 26.3. The molecule has 2 heterocycles. The van der Waals surface area contributed by atoms with Gasteiger partial charge in [-0.2, -0.15) is 23.9 Å². The second kappa shape index (κ2) is 58.7. The molecule has 4 amide bonds. The molecule has 0 bridgehead atoms. The van der Waals surface area contributed by atoms with Crippen molar-refractivity contribution < 1.29 is 188 Å². The van der Waals surface area contributed by atoms with E-state index in [0.717, 1.165) is 46.9 Å². The van der Waals surface area contributed by atoms with Crippen molar-refractivity contribution in [3.8, 4) is 0 Å². The minimum Gasteiger partial charge on any atom is -0.677 e. The van der Waals surface area contributed by atoms with Gasteiger partial charge in [0.2, 0.25) is 0 Å². The number of methoxy groups -OCH3 is 2. The van der Waals surface area contributed by atoms with Crippen LogP contribution in [0.5, 0.6) is 0 Å². The number of carbonyl (C=O) groups is 15. The van der Waals surface area contributed by atoms with Crippen LogP contribution in [0.25, 0.3) is 11.5 Å². The van der Waals surface area contributed by atoms with E-state index in [1.165, 1.54) is 52.7 Å². The summed E-state index contributed by atoms with van der Waals surface area (Å²) in [4.78, 5) is 158. The molecule has 0 radical (unpaired) electrons. The number of carboxylic acids is 7. The first-order chi connectivity index (χ1) is 40.7. The Morgan fingerprint density at radius 2 is 0.798 bits per heavy atom. The third kappa shape index (κ3) is 59.8. The van der Waals surface area contributed by atoms with E-state index in [4.69, 9.17) is 71.1 Å². The van der Waals surface area contributed by atoms with Crippen molar-refractivity contribution in [3.63, 3.8) is 0 Å². The number of nitrogens with zero attached hydrogens (tertiary/aromatic N) is 2. The van der Waals surface area contributed by atoms with E-state index in [2.05, 4.69) is 47.0 Å². The zero-order valence-corrected chi connectivity index (χ0v) is 54.0. The molecule has 4 atom stereocenters. The summed E-state index contributed by atoms with van der Waals surface area (Å²) in [5, 5.41) is 54.0. The normalized spacial score (nSPS) is 16.4. The Kier molecular flexibility index (Phi) is 61.5. The maximum atomic E-state index is 11.4. The smallest absolute Gasteiger partial charge is 0.677 e. The summed E-state index contributed by atoms with van der Waals surface area (Å²) >= 11 is 0. The summed E-state index contributed by atoms with van der Waals surface area (Å²) in [6.45, 7) is 12.2. The van der Waals surface area contributed by atoms with Gasteiger partial charge in [-0.1, -0.05) is 65.2 Å². The van der Waals surface area contributed by atoms with Gasteiger partial charge < -0.3 is 99.0 Å². The molecule has 2 saturated carbocycles. The number of ether oxygens (including phenoxy) is 8. The van der Waals surface area contributed by atoms with Crippen LogP contribution in [-0.4, -0.2) is 234 Å². The van der Waals surface area contributed by atoms with Crippen LogP contribution >= 0.6 is 0 Å². The number of nitrogens with one attached hydrogen (secondary N) is 2. The fourth-order valence-electron chi connectivity index (χ4n) is 5.79. The Hall–Kier alpha value is -6.93. The van der Waals surface area contributed by atoms with Gasteiger partial charge in [0.25, 0.3) is 23.6 Å². The van der Waals surface area contributed by atoms with Gasteiger partial charge in [0.15, 0.2) is 0 Å². The third-order valence-electron chi connectivity index (χ3n) is 10.3. The number of aliphatic carboxylic acids is 7. The van der Waals surface area contributed by atoms with Crippen molar-refractivity contribution in [2.45, 2.75) is 103 Å². The fraction of sp³-hybridized carbons (Fsp3) is 0.604. The van der Waals surface area contributed by atoms with Crippen molar-refractivity contribution in [1.82, 2.24) is 9.80 Å². The van der Waals surface area contributed by atoms with E-state index in [-0.39, 0.29) is 132 Å². The number of esters is 3. The van der Waals surface area contributed by atoms with Gasteiger partial charge in [-0.3, -0.25) is 48.2 Å². The van der Waals surface area contributed by atoms with E-state index in [9.17, 15) is 52.7 Å². The molecule has 0 spiro atoms. The van der Waals surface area contributed by atoms with Crippen molar-refractivity contribution in [2.75, 3.05) is 86.8 Å². The molecular weight excluding hydrogens is 1560 g/mol. The topological polar surface area (TPSA) is 526 Å². The Labute approximate surface area is 541 Å². The molecule has 34 nitrogen and oxygen atoms in total. The van der Waals surface area contributed by atoms with Crippen LogP contribution in [0.4, 0.5) is 4.79 Å². The monoisotopic (exact) mass is 1640 g/mol. The van der Waals surface area contributed by atoms with Crippen molar-refractivity contribution >= 4 is 89.5 Å². The maximum Gasteiger partial charge on any atom is 2.00 e. The largest absolute Gasteiger partial charge is 2.00 e. The number of carboxylic acid groups (broad SMARTS) is 7. The van der Waals surface area contributed by atoms with Crippen LogP contribution in [0.2, 0.25) is 0 Å². The van der Waals surface area contributed by atoms with E-state index < -0.39 is 89.5 Å². The predicted octanol–water partition coefficient (Wildman–Crippen LogP) is 2.53. The fourth-order valence-corrected chi connectivity index (χ4v) is 5.79. The number of rotatable bonds is 24. The summed E-state index contributed by atoms with van der Waals surface area (Å²) in [7, 11) is 3.06. The molecule has 89 heavy (non-hydrogen) atoms. The minimum atomic E-state index is -1.82. The van der Waals surface area contributed by atoms with Gasteiger partial charge >= 0.3 is 108 Å². The van der Waals surface area contributed by atoms with Crippen molar-refractivity contribution in [3.05, 3.63) is 49.6 Å². The Morgan fingerprint density at radius 3 is 1.06 bits per heavy atom. The second-order valence-electron chi connectivity index (χ2n) is 18.0. The molecule has 0 aromatic heterocycles. The van der Waals surface area contributed by atoms with Crippen molar-refractivity contribution in [2.24, 2.45) is 17.8 Å². The molecular formula is C53H80N4O30Pt2. The van der Waals surface area contributed by atoms with Gasteiger partial charge in [0.1, 0.15) is 26.4 Å². The van der Waals surface area contributed by atoms with Gasteiger partial charge in [0, 0.05) is 38.5 Å². The number of amides is 4. The van der Waals surface area contributed by atoms with Crippen molar-refractivity contribution in [1.29, 1.82) is 0 Å². The number of imide groups is 2. The number of carbonyl (C=O) groups excluding carboxylic acids is 8. The van der Waals surface area contributed by atoms with Gasteiger partial charge in [-0.15, -0.1) is 0 Å². The minimum absolute atomic E-state index is 0. The molecule has 512 valence electrons. The predicted molar refractivity (Wildman–Crippen MR) is 294 cm³/mol. The average molecular weight is 1640 g/mol. The molecule has 9 N–H and O–H groups in total. The molecule has 2 aliphatic carbocycles. The van der Waals surface area contributed by atoms with E-state index in [1.807, 2.05) is 13.8 Å². The molecule has 36 heteroatoms. The number of hydrogen-bond acceptors (Lipinski definition) is 23. The Morgan fingerprint density at radius 1 is 0.483 bits per heavy atom. The van der Waals surface area contributed by atoms with Crippen LogP contribution in [0.1, 0.15) is 90.9 Å². The Bertz CT molecular complexity index is 2100. The summed E-state index contributed by atoms with van der Waals surface area (Å²) in [5.41, 5.74) is 14.8. The molecule has 4 rings (SSSR count). The zero-order chi connectivity index (χ0) is 67.5. The van der Waals surface area contributed by atoms with E-state index >= 15 is 0 Å². The maximum absolute atomic E-state index is 11.4. The first kappa shape index (κ1) is 93.2. The third-order valence-corrected chi connectivity index (χ3v) is 10.3. The van der Waals surface area contributed by atoms with E-state index in [0.29, 0.717) is 38.3 Å². The molecule has 0 aromatic rings. The molecule has 0 unspecified atom stereocenters. The van der Waals surface area contributed by atoms with Crippen LogP contribution in [0.3, 0.4) is 0 Å². The summed E-state index contributed by atoms with van der Waals surface area (Å²) in [6.07, 6.45) is 11.8. The zero-order valence-electron chi connectivity index (χ0n) is 49.4. The summed E-state index contributed by atoms with van der Waals surface area (Å²) < 4.78 is 36.9. The molecule has 4 aliphatic rings. The van der Waals surface area contributed by atoms with Gasteiger partial charge in [-0.05, 0) is 5.92 Å². The Balaban J connectivity index is -0.000000233. The quantitative estimate of drug-likeness (QED) is 0.0139. The SMILES string of the molecule is CC(C)COC(=O)OC(=O)CCC(=O)OCCN1C(=O)C=CC1=O.COCCOCC(=O)O.COCCOCC(=O)O.O=C(O)C(=O)O.O=C(O)C(=O)O.O=C(O)CCC(=O)OCCN1C(=O)C=CC1=O.[CH2-][C@@H]1CCCC[C@H]1[NH-].[CH2-][C@@H]1CCCC[C@H]1[NH-].[Pt+2].[Pt+2]. The van der Waals surface area contributed by atoms with Gasteiger partial charge in [-0.25, -0.2) is 33.6 Å². The average Bonchev–Trinajstić information content (AvgIpc) is 4.08.